The molecule has 5 nitrogen and oxygen atoms in total. The van der Waals surface area contributed by atoms with E-state index in [9.17, 15) is 14.7 Å². The van der Waals surface area contributed by atoms with E-state index in [1.165, 1.54) is 12.5 Å². The molecule has 5 heteroatoms. The highest BCUT2D eigenvalue weighted by atomic mass is 16.4. The summed E-state index contributed by atoms with van der Waals surface area (Å²) in [5.74, 6) is -1.07. The minimum atomic E-state index is -1.02. The van der Waals surface area contributed by atoms with Crippen molar-refractivity contribution in [3.05, 3.63) is 23.8 Å². The highest BCUT2D eigenvalue weighted by Gasteiger charge is 2.41. The van der Waals surface area contributed by atoms with Crippen LogP contribution in [-0.2, 0) is 4.79 Å². The highest BCUT2D eigenvalue weighted by Crippen LogP contribution is 2.41. The van der Waals surface area contributed by atoms with Crippen LogP contribution < -0.4 is 10.6 Å². The number of para-hydroxylation sites is 1. The van der Waals surface area contributed by atoms with Gasteiger partial charge in [0.1, 0.15) is 0 Å². The van der Waals surface area contributed by atoms with Gasteiger partial charge in [-0.2, -0.15) is 0 Å². The SMILES string of the molecule is O=C(O)c1cccc2c1NC(=O)C1(CCCCC1)CN2. The number of carboxylic acids is 1. The average Bonchev–Trinajstić information content (AvgIpc) is 2.58. The van der Waals surface area contributed by atoms with Gasteiger partial charge in [0, 0.05) is 6.54 Å². The zero-order valence-corrected chi connectivity index (χ0v) is 11.2. The molecule has 0 atom stereocenters. The third-order valence-electron chi connectivity index (χ3n) is 4.44. The van der Waals surface area contributed by atoms with E-state index in [2.05, 4.69) is 10.6 Å². The normalized spacial score (nSPS) is 20.5. The molecule has 1 aromatic rings. The Labute approximate surface area is 117 Å². The van der Waals surface area contributed by atoms with Crippen LogP contribution in [0.3, 0.4) is 0 Å². The van der Waals surface area contributed by atoms with Crippen LogP contribution in [0.15, 0.2) is 18.2 Å². The molecule has 3 rings (SSSR count). The van der Waals surface area contributed by atoms with E-state index in [0.29, 0.717) is 17.9 Å². The molecule has 1 amide bonds. The minimum Gasteiger partial charge on any atom is -0.478 e. The number of anilines is 2. The molecule has 20 heavy (non-hydrogen) atoms. The Bertz CT molecular complexity index is 562. The third-order valence-corrected chi connectivity index (χ3v) is 4.44. The number of amides is 1. The molecule has 1 fully saturated rings. The van der Waals surface area contributed by atoms with E-state index < -0.39 is 11.4 Å². The van der Waals surface area contributed by atoms with Gasteiger partial charge in [-0.25, -0.2) is 4.79 Å². The van der Waals surface area contributed by atoms with Crippen molar-refractivity contribution < 1.29 is 14.7 Å². The number of carboxylic acid groups (broad SMARTS) is 1. The molecule has 2 aliphatic rings. The van der Waals surface area contributed by atoms with Crippen LogP contribution in [0.4, 0.5) is 11.4 Å². The molecule has 0 saturated heterocycles. The minimum absolute atomic E-state index is 0.0443. The van der Waals surface area contributed by atoms with Crippen molar-refractivity contribution in [3.63, 3.8) is 0 Å². The van der Waals surface area contributed by atoms with E-state index in [0.717, 1.165) is 25.7 Å². The van der Waals surface area contributed by atoms with Crippen molar-refractivity contribution >= 4 is 23.3 Å². The Morgan fingerprint density at radius 2 is 1.95 bits per heavy atom. The van der Waals surface area contributed by atoms with Gasteiger partial charge in [-0.1, -0.05) is 25.3 Å². The van der Waals surface area contributed by atoms with Gasteiger partial charge in [0.15, 0.2) is 0 Å². The van der Waals surface area contributed by atoms with Crippen molar-refractivity contribution in [3.8, 4) is 0 Å². The molecule has 106 valence electrons. The molecule has 1 aliphatic heterocycles. The Morgan fingerprint density at radius 3 is 2.65 bits per heavy atom. The number of fused-ring (bicyclic) bond motifs is 1. The lowest BCUT2D eigenvalue weighted by atomic mass is 9.73. The summed E-state index contributed by atoms with van der Waals surface area (Å²) in [6, 6.07) is 5.02. The predicted molar refractivity (Wildman–Crippen MR) is 76.0 cm³/mol. The second kappa shape index (κ2) is 4.81. The van der Waals surface area contributed by atoms with Gasteiger partial charge in [-0.05, 0) is 25.0 Å². The summed E-state index contributed by atoms with van der Waals surface area (Å²) in [5, 5.41) is 15.4. The number of rotatable bonds is 1. The second-order valence-corrected chi connectivity index (χ2v) is 5.68. The van der Waals surface area contributed by atoms with Crippen molar-refractivity contribution in [1.82, 2.24) is 0 Å². The molecule has 0 bridgehead atoms. The summed E-state index contributed by atoms with van der Waals surface area (Å²) in [6.45, 7) is 0.578. The lowest BCUT2D eigenvalue weighted by Crippen LogP contribution is -2.41. The maximum Gasteiger partial charge on any atom is 0.337 e. The summed E-state index contributed by atoms with van der Waals surface area (Å²) in [6.07, 6.45) is 5.00. The van der Waals surface area contributed by atoms with E-state index in [1.807, 2.05) is 6.07 Å². The first-order valence-corrected chi connectivity index (χ1v) is 7.04. The molecule has 1 heterocycles. The molecule has 0 radical (unpaired) electrons. The molecular weight excluding hydrogens is 256 g/mol. The van der Waals surface area contributed by atoms with Crippen molar-refractivity contribution in [2.75, 3.05) is 17.2 Å². The van der Waals surface area contributed by atoms with Gasteiger partial charge in [-0.3, -0.25) is 4.79 Å². The number of nitrogens with one attached hydrogen (secondary N) is 2. The molecular formula is C15H18N2O3. The first-order chi connectivity index (χ1) is 9.62. The number of carbonyl (C=O) groups excluding carboxylic acids is 1. The first-order valence-electron chi connectivity index (χ1n) is 7.04. The van der Waals surface area contributed by atoms with Gasteiger partial charge in [0.2, 0.25) is 5.91 Å². The van der Waals surface area contributed by atoms with Gasteiger partial charge >= 0.3 is 5.97 Å². The summed E-state index contributed by atoms with van der Waals surface area (Å²) >= 11 is 0. The molecule has 1 aliphatic carbocycles. The fraction of sp³-hybridized carbons (Fsp3) is 0.467. The van der Waals surface area contributed by atoms with Gasteiger partial charge in [0.05, 0.1) is 22.4 Å². The Kier molecular flexibility index (Phi) is 3.12. The van der Waals surface area contributed by atoms with Crippen molar-refractivity contribution in [2.45, 2.75) is 32.1 Å². The van der Waals surface area contributed by atoms with Crippen LogP contribution in [-0.4, -0.2) is 23.5 Å². The topological polar surface area (TPSA) is 78.4 Å². The molecule has 1 spiro atoms. The number of benzene rings is 1. The number of hydrogen-bond acceptors (Lipinski definition) is 3. The fourth-order valence-corrected chi connectivity index (χ4v) is 3.24. The second-order valence-electron chi connectivity index (χ2n) is 5.68. The zero-order valence-electron chi connectivity index (χ0n) is 11.2. The molecule has 0 aromatic heterocycles. The van der Waals surface area contributed by atoms with E-state index in [-0.39, 0.29) is 11.5 Å². The Hall–Kier alpha value is -2.04. The van der Waals surface area contributed by atoms with Gasteiger partial charge in [0.25, 0.3) is 0 Å². The molecule has 0 unspecified atom stereocenters. The van der Waals surface area contributed by atoms with Crippen molar-refractivity contribution in [1.29, 1.82) is 0 Å². The van der Waals surface area contributed by atoms with E-state index in [4.69, 9.17) is 0 Å². The highest BCUT2D eigenvalue weighted by molar-refractivity contribution is 6.07. The van der Waals surface area contributed by atoms with Crippen LogP contribution in [0.1, 0.15) is 42.5 Å². The summed E-state index contributed by atoms with van der Waals surface area (Å²) in [7, 11) is 0. The Morgan fingerprint density at radius 1 is 1.20 bits per heavy atom. The number of hydrogen-bond donors (Lipinski definition) is 3. The maximum absolute atomic E-state index is 12.6. The summed E-state index contributed by atoms with van der Waals surface area (Å²) in [5.41, 5.74) is 0.830. The van der Waals surface area contributed by atoms with Gasteiger partial charge in [-0.15, -0.1) is 0 Å². The Balaban J connectivity index is 1.99. The first kappa shape index (κ1) is 13.0. The summed E-state index contributed by atoms with van der Waals surface area (Å²) in [4.78, 5) is 23.9. The number of aromatic carboxylic acids is 1. The van der Waals surface area contributed by atoms with Crippen molar-refractivity contribution in [2.24, 2.45) is 5.41 Å². The standard InChI is InChI=1S/C15H18N2O3/c18-13(19)10-5-4-6-11-12(10)17-14(20)15(9-16-11)7-2-1-3-8-15/h4-6,16H,1-3,7-9H2,(H,17,20)(H,18,19). The van der Waals surface area contributed by atoms with Crippen LogP contribution in [0.25, 0.3) is 0 Å². The third kappa shape index (κ3) is 2.03. The largest absolute Gasteiger partial charge is 0.478 e. The summed E-state index contributed by atoms with van der Waals surface area (Å²) < 4.78 is 0. The monoisotopic (exact) mass is 274 g/mol. The molecule has 1 saturated carbocycles. The van der Waals surface area contributed by atoms with Crippen LogP contribution in [0, 0.1) is 5.41 Å². The molecule has 3 N–H and O–H groups in total. The van der Waals surface area contributed by atoms with Gasteiger partial charge < -0.3 is 15.7 Å². The maximum atomic E-state index is 12.6. The van der Waals surface area contributed by atoms with Crippen LogP contribution >= 0.6 is 0 Å². The molecule has 1 aromatic carbocycles. The lowest BCUT2D eigenvalue weighted by molar-refractivity contribution is -0.126. The van der Waals surface area contributed by atoms with Crippen LogP contribution in [0.5, 0.6) is 0 Å². The van der Waals surface area contributed by atoms with E-state index >= 15 is 0 Å². The average molecular weight is 274 g/mol. The smallest absolute Gasteiger partial charge is 0.337 e. The number of carbonyl (C=O) groups is 2. The quantitative estimate of drug-likeness (QED) is 0.735. The van der Waals surface area contributed by atoms with Crippen LogP contribution in [0.2, 0.25) is 0 Å². The zero-order chi connectivity index (χ0) is 14.2. The predicted octanol–water partition coefficient (Wildman–Crippen LogP) is 2.70. The fourth-order valence-electron chi connectivity index (χ4n) is 3.24. The lowest BCUT2D eigenvalue weighted by Gasteiger charge is -2.34. The van der Waals surface area contributed by atoms with E-state index in [1.54, 1.807) is 6.07 Å².